The molecule has 0 fully saturated rings. The minimum atomic E-state index is -0.0634. The normalized spacial score (nSPS) is 11.5. The topological polar surface area (TPSA) is 52.6 Å². The molecule has 0 unspecified atom stereocenters. The van der Waals surface area contributed by atoms with E-state index >= 15 is 0 Å². The summed E-state index contributed by atoms with van der Waals surface area (Å²) in [5, 5.41) is 0. The highest BCUT2D eigenvalue weighted by molar-refractivity contribution is 5.69. The van der Waals surface area contributed by atoms with E-state index in [1.165, 1.54) is 141 Å². The Bertz CT molecular complexity index is 575. The summed E-state index contributed by atoms with van der Waals surface area (Å²) in [6.07, 6.45) is 39.2. The standard InChI is InChI=1S/C42H82O4/c1-39(2)33-27-21-17-13-9-5-7-11-15-19-25-31-37-45-41(43)35-29-23-24-30-36-42(44)46-38-32-26-20-16-12-8-6-10-14-18-22-28-34-40(3)4/h39-40H,5-38H2,1-4H3. The average Bonchev–Trinajstić information content (AvgIpc) is 3.02. The molecule has 0 rings (SSSR count). The largest absolute Gasteiger partial charge is 0.466 e. The van der Waals surface area contributed by atoms with Crippen LogP contribution in [-0.4, -0.2) is 25.2 Å². The molecule has 0 saturated carbocycles. The van der Waals surface area contributed by atoms with Gasteiger partial charge in [0, 0.05) is 12.8 Å². The summed E-state index contributed by atoms with van der Waals surface area (Å²) >= 11 is 0. The highest BCUT2D eigenvalue weighted by Gasteiger charge is 2.05. The van der Waals surface area contributed by atoms with Gasteiger partial charge in [-0.1, -0.05) is 195 Å². The molecule has 4 nitrogen and oxygen atoms in total. The van der Waals surface area contributed by atoms with Gasteiger partial charge in [0.15, 0.2) is 0 Å². The highest BCUT2D eigenvalue weighted by Crippen LogP contribution is 2.16. The summed E-state index contributed by atoms with van der Waals surface area (Å²) in [4.78, 5) is 23.9. The van der Waals surface area contributed by atoms with Gasteiger partial charge in [-0.15, -0.1) is 0 Å². The SMILES string of the molecule is CC(C)CCCCCCCCCCCCCCOC(=O)CCCCCCC(=O)OCCCCCCCCCCCCCCC(C)C. The van der Waals surface area contributed by atoms with Crippen LogP contribution < -0.4 is 0 Å². The molecule has 4 heteroatoms. The molecule has 0 radical (unpaired) electrons. The average molecular weight is 651 g/mol. The lowest BCUT2D eigenvalue weighted by Gasteiger charge is -2.06. The monoisotopic (exact) mass is 651 g/mol. The fourth-order valence-corrected chi connectivity index (χ4v) is 6.25. The van der Waals surface area contributed by atoms with Crippen molar-refractivity contribution in [1.82, 2.24) is 0 Å². The second kappa shape index (κ2) is 36.8. The summed E-state index contributed by atoms with van der Waals surface area (Å²) in [5.41, 5.74) is 0. The Balaban J connectivity index is 3.26. The van der Waals surface area contributed by atoms with Gasteiger partial charge in [0.1, 0.15) is 0 Å². The van der Waals surface area contributed by atoms with Crippen LogP contribution in [0, 0.1) is 11.8 Å². The van der Waals surface area contributed by atoms with Crippen molar-refractivity contribution in [3.63, 3.8) is 0 Å². The molecule has 0 aromatic heterocycles. The number of carbonyl (C=O) groups is 2. The molecule has 0 aliphatic rings. The Morgan fingerprint density at radius 3 is 0.804 bits per heavy atom. The smallest absolute Gasteiger partial charge is 0.305 e. The Hall–Kier alpha value is -1.06. The molecule has 0 bridgehead atoms. The minimum absolute atomic E-state index is 0.0634. The summed E-state index contributed by atoms with van der Waals surface area (Å²) in [6.45, 7) is 10.4. The minimum Gasteiger partial charge on any atom is -0.466 e. The third-order valence-electron chi connectivity index (χ3n) is 9.39. The summed E-state index contributed by atoms with van der Waals surface area (Å²) in [7, 11) is 0. The molecule has 0 saturated heterocycles. The van der Waals surface area contributed by atoms with Gasteiger partial charge < -0.3 is 9.47 Å². The maximum Gasteiger partial charge on any atom is 0.305 e. The van der Waals surface area contributed by atoms with E-state index in [1.807, 2.05) is 0 Å². The van der Waals surface area contributed by atoms with E-state index in [9.17, 15) is 9.59 Å². The zero-order valence-corrected chi connectivity index (χ0v) is 31.8. The van der Waals surface area contributed by atoms with Crippen molar-refractivity contribution in [2.75, 3.05) is 13.2 Å². The van der Waals surface area contributed by atoms with E-state index < -0.39 is 0 Å². The van der Waals surface area contributed by atoms with Gasteiger partial charge in [-0.2, -0.15) is 0 Å². The summed E-state index contributed by atoms with van der Waals surface area (Å²) in [6, 6.07) is 0. The molecule has 0 aliphatic carbocycles. The quantitative estimate of drug-likeness (QED) is 0.0496. The van der Waals surface area contributed by atoms with Gasteiger partial charge in [0.2, 0.25) is 0 Å². The van der Waals surface area contributed by atoms with Gasteiger partial charge >= 0.3 is 11.9 Å². The van der Waals surface area contributed by atoms with Gasteiger partial charge in [-0.25, -0.2) is 0 Å². The second-order valence-electron chi connectivity index (χ2n) is 15.2. The van der Waals surface area contributed by atoms with Crippen LogP contribution >= 0.6 is 0 Å². The van der Waals surface area contributed by atoms with Crippen LogP contribution in [0.3, 0.4) is 0 Å². The molecule has 46 heavy (non-hydrogen) atoms. The Morgan fingerprint density at radius 2 is 0.543 bits per heavy atom. The zero-order chi connectivity index (χ0) is 33.8. The summed E-state index contributed by atoms with van der Waals surface area (Å²) in [5.74, 6) is 1.59. The van der Waals surface area contributed by atoms with Crippen LogP contribution in [0.5, 0.6) is 0 Å². The molecular weight excluding hydrogens is 568 g/mol. The third kappa shape index (κ3) is 39.1. The van der Waals surface area contributed by atoms with E-state index in [0.29, 0.717) is 26.1 Å². The molecule has 0 atom stereocenters. The lowest BCUT2D eigenvalue weighted by atomic mass is 10.0. The number of esters is 2. The Labute approximate surface area is 288 Å². The summed E-state index contributed by atoms with van der Waals surface area (Å²) < 4.78 is 10.8. The van der Waals surface area contributed by atoms with Crippen molar-refractivity contribution in [2.24, 2.45) is 11.8 Å². The van der Waals surface area contributed by atoms with E-state index in [2.05, 4.69) is 27.7 Å². The van der Waals surface area contributed by atoms with Gasteiger partial charge in [-0.05, 0) is 37.5 Å². The van der Waals surface area contributed by atoms with E-state index in [1.54, 1.807) is 0 Å². The number of ether oxygens (including phenoxy) is 2. The van der Waals surface area contributed by atoms with Crippen LogP contribution in [0.2, 0.25) is 0 Å². The van der Waals surface area contributed by atoms with E-state index in [-0.39, 0.29) is 11.9 Å². The molecule has 0 heterocycles. The number of hydrogen-bond donors (Lipinski definition) is 0. The van der Waals surface area contributed by atoms with Crippen LogP contribution in [0.1, 0.15) is 233 Å². The number of rotatable bonds is 37. The third-order valence-corrected chi connectivity index (χ3v) is 9.39. The Morgan fingerprint density at radius 1 is 0.326 bits per heavy atom. The highest BCUT2D eigenvalue weighted by atomic mass is 16.5. The van der Waals surface area contributed by atoms with E-state index in [0.717, 1.165) is 63.2 Å². The van der Waals surface area contributed by atoms with Crippen LogP contribution in [-0.2, 0) is 19.1 Å². The number of unbranched alkanes of at least 4 members (excludes halogenated alkanes) is 25. The van der Waals surface area contributed by atoms with Gasteiger partial charge in [-0.3, -0.25) is 9.59 Å². The van der Waals surface area contributed by atoms with Crippen LogP contribution in [0.4, 0.5) is 0 Å². The first-order chi connectivity index (χ1) is 22.4. The number of hydrogen-bond acceptors (Lipinski definition) is 4. The maximum absolute atomic E-state index is 12.0. The van der Waals surface area contributed by atoms with E-state index in [4.69, 9.17) is 9.47 Å². The molecule has 0 aromatic rings. The van der Waals surface area contributed by atoms with Crippen molar-refractivity contribution < 1.29 is 19.1 Å². The first kappa shape index (κ1) is 44.9. The van der Waals surface area contributed by atoms with Crippen molar-refractivity contribution >= 4 is 11.9 Å². The molecular formula is C42H82O4. The fourth-order valence-electron chi connectivity index (χ4n) is 6.25. The first-order valence-corrected chi connectivity index (χ1v) is 20.7. The van der Waals surface area contributed by atoms with Crippen molar-refractivity contribution in [1.29, 1.82) is 0 Å². The molecule has 0 N–H and O–H groups in total. The predicted octanol–water partition coefficient (Wildman–Crippen LogP) is 13.9. The second-order valence-corrected chi connectivity index (χ2v) is 15.2. The molecule has 0 spiro atoms. The van der Waals surface area contributed by atoms with Crippen LogP contribution in [0.15, 0.2) is 0 Å². The zero-order valence-electron chi connectivity index (χ0n) is 31.8. The Kier molecular flexibility index (Phi) is 35.9. The molecule has 274 valence electrons. The van der Waals surface area contributed by atoms with Crippen molar-refractivity contribution in [2.45, 2.75) is 233 Å². The lowest BCUT2D eigenvalue weighted by Crippen LogP contribution is -2.06. The van der Waals surface area contributed by atoms with Gasteiger partial charge in [0.25, 0.3) is 0 Å². The lowest BCUT2D eigenvalue weighted by molar-refractivity contribution is -0.145. The maximum atomic E-state index is 12.0. The molecule has 0 aliphatic heterocycles. The van der Waals surface area contributed by atoms with Crippen LogP contribution in [0.25, 0.3) is 0 Å². The predicted molar refractivity (Wildman–Crippen MR) is 199 cm³/mol. The van der Waals surface area contributed by atoms with Crippen molar-refractivity contribution in [3.05, 3.63) is 0 Å². The van der Waals surface area contributed by atoms with Crippen molar-refractivity contribution in [3.8, 4) is 0 Å². The first-order valence-electron chi connectivity index (χ1n) is 20.7. The van der Waals surface area contributed by atoms with Gasteiger partial charge in [0.05, 0.1) is 13.2 Å². The fraction of sp³-hybridized carbons (Fsp3) is 0.952. The molecule has 0 amide bonds. The molecule has 0 aromatic carbocycles. The number of carbonyl (C=O) groups excluding carboxylic acids is 2.